The summed E-state index contributed by atoms with van der Waals surface area (Å²) in [6, 6.07) is 8.26. The third-order valence-corrected chi connectivity index (χ3v) is 4.31. The molecule has 0 radical (unpaired) electrons. The van der Waals surface area contributed by atoms with Crippen LogP contribution >= 0.6 is 0 Å². The summed E-state index contributed by atoms with van der Waals surface area (Å²) in [7, 11) is 1.53. The van der Waals surface area contributed by atoms with Gasteiger partial charge in [-0.1, -0.05) is 0 Å². The molecule has 1 aliphatic rings. The lowest BCUT2D eigenvalue weighted by atomic mass is 10.1. The third-order valence-electron chi connectivity index (χ3n) is 4.31. The van der Waals surface area contributed by atoms with Crippen LogP contribution in [0.25, 0.3) is 0 Å². The van der Waals surface area contributed by atoms with Crippen LogP contribution in [0.2, 0.25) is 0 Å². The highest BCUT2D eigenvalue weighted by atomic mass is 16.5. The summed E-state index contributed by atoms with van der Waals surface area (Å²) in [5.74, 6) is 0.304. The van der Waals surface area contributed by atoms with Gasteiger partial charge in [-0.25, -0.2) is 4.79 Å². The molecule has 9 heteroatoms. The van der Waals surface area contributed by atoms with Crippen LogP contribution in [-0.4, -0.2) is 49.6 Å². The Kier molecular flexibility index (Phi) is 6.28. The zero-order chi connectivity index (χ0) is 20.8. The average molecular weight is 398 g/mol. The first-order valence-corrected chi connectivity index (χ1v) is 9.21. The zero-order valence-corrected chi connectivity index (χ0v) is 16.2. The summed E-state index contributed by atoms with van der Waals surface area (Å²) in [6.07, 6.45) is 2.17. The van der Waals surface area contributed by atoms with Gasteiger partial charge in [-0.2, -0.15) is 0 Å². The van der Waals surface area contributed by atoms with E-state index in [0.29, 0.717) is 24.5 Å². The van der Waals surface area contributed by atoms with Crippen molar-refractivity contribution in [1.29, 1.82) is 0 Å². The quantitative estimate of drug-likeness (QED) is 0.719. The monoisotopic (exact) mass is 398 g/mol. The molecule has 1 aliphatic heterocycles. The minimum atomic E-state index is -0.475. The average Bonchev–Trinajstić information content (AvgIpc) is 3.15. The smallest absolute Gasteiger partial charge is 0.325 e. The summed E-state index contributed by atoms with van der Waals surface area (Å²) >= 11 is 0. The molecule has 0 fully saturated rings. The number of benzene rings is 1. The number of anilines is 1. The van der Waals surface area contributed by atoms with Gasteiger partial charge in [-0.15, -0.1) is 0 Å². The maximum absolute atomic E-state index is 12.4. The number of carbonyl (C=O) groups excluding carboxylic acids is 3. The number of urea groups is 1. The molecule has 0 saturated carbocycles. The molecular weight excluding hydrogens is 376 g/mol. The summed E-state index contributed by atoms with van der Waals surface area (Å²) in [5, 5.41) is 5.08. The van der Waals surface area contributed by atoms with E-state index in [2.05, 4.69) is 15.6 Å². The molecule has 2 aromatic rings. The van der Waals surface area contributed by atoms with Gasteiger partial charge in [0.05, 0.1) is 6.61 Å². The van der Waals surface area contributed by atoms with Gasteiger partial charge >= 0.3 is 12.0 Å². The third kappa shape index (κ3) is 4.81. The predicted molar refractivity (Wildman–Crippen MR) is 105 cm³/mol. The molecule has 9 nitrogen and oxygen atoms in total. The minimum Gasteiger partial charge on any atom is -0.465 e. The summed E-state index contributed by atoms with van der Waals surface area (Å²) < 4.78 is 10.6. The lowest BCUT2D eigenvalue weighted by Crippen LogP contribution is -2.41. The zero-order valence-electron chi connectivity index (χ0n) is 16.2. The predicted octanol–water partition coefficient (Wildman–Crippen LogP) is 1.87. The maximum Gasteiger partial charge on any atom is 0.325 e. The number of fused-ring (bicyclic) bond motifs is 1. The topological polar surface area (TPSA) is 110 Å². The van der Waals surface area contributed by atoms with Gasteiger partial charge in [0.15, 0.2) is 0 Å². The van der Waals surface area contributed by atoms with Gasteiger partial charge < -0.3 is 20.1 Å². The normalized spacial score (nSPS) is 12.1. The highest BCUT2D eigenvalue weighted by Gasteiger charge is 2.25. The Morgan fingerprint density at radius 3 is 2.72 bits per heavy atom. The van der Waals surface area contributed by atoms with Crippen molar-refractivity contribution in [2.75, 3.05) is 31.6 Å². The summed E-state index contributed by atoms with van der Waals surface area (Å²) in [6.45, 7) is 2.31. The van der Waals surface area contributed by atoms with Crippen LogP contribution in [0.4, 0.5) is 10.5 Å². The van der Waals surface area contributed by atoms with E-state index in [4.69, 9.17) is 9.47 Å². The van der Waals surface area contributed by atoms with E-state index in [1.54, 1.807) is 36.1 Å². The van der Waals surface area contributed by atoms with E-state index in [9.17, 15) is 14.4 Å². The van der Waals surface area contributed by atoms with Gasteiger partial charge in [0.1, 0.15) is 23.7 Å². The van der Waals surface area contributed by atoms with Crippen LogP contribution in [0.3, 0.4) is 0 Å². The number of rotatable bonds is 6. The van der Waals surface area contributed by atoms with Gasteiger partial charge in [-0.3, -0.25) is 19.5 Å². The molecule has 2 N–H and O–H groups in total. The summed E-state index contributed by atoms with van der Waals surface area (Å²) in [4.78, 5) is 41.0. The Labute approximate surface area is 168 Å². The van der Waals surface area contributed by atoms with E-state index < -0.39 is 5.97 Å². The maximum atomic E-state index is 12.4. The lowest BCUT2D eigenvalue weighted by molar-refractivity contribution is -0.141. The van der Waals surface area contributed by atoms with E-state index >= 15 is 0 Å². The van der Waals surface area contributed by atoms with Crippen molar-refractivity contribution in [3.8, 4) is 11.5 Å². The number of carbonyl (C=O) groups is 3. The number of hydrogen-bond donors (Lipinski definition) is 2. The number of esters is 1. The molecule has 0 atom stereocenters. The van der Waals surface area contributed by atoms with Crippen LogP contribution in [-0.2, 0) is 16.0 Å². The molecule has 0 saturated heterocycles. The van der Waals surface area contributed by atoms with Crippen molar-refractivity contribution in [3.63, 3.8) is 0 Å². The molecule has 0 aliphatic carbocycles. The molecule has 1 aromatic carbocycles. The van der Waals surface area contributed by atoms with Crippen LogP contribution in [0.15, 0.2) is 36.5 Å². The molecule has 0 unspecified atom stereocenters. The first kappa shape index (κ1) is 20.1. The number of pyridine rings is 1. The Morgan fingerprint density at radius 2 is 1.97 bits per heavy atom. The van der Waals surface area contributed by atoms with Crippen molar-refractivity contribution in [2.45, 2.75) is 13.3 Å². The van der Waals surface area contributed by atoms with Crippen LogP contribution in [0.5, 0.6) is 11.5 Å². The number of aromatic nitrogens is 1. The number of nitrogens with zero attached hydrogens (tertiary/aromatic N) is 2. The van der Waals surface area contributed by atoms with Crippen LogP contribution in [0.1, 0.15) is 23.0 Å². The number of hydrogen-bond acceptors (Lipinski definition) is 6. The largest absolute Gasteiger partial charge is 0.465 e. The van der Waals surface area contributed by atoms with Crippen molar-refractivity contribution in [2.24, 2.45) is 0 Å². The first-order chi connectivity index (χ1) is 14.0. The first-order valence-electron chi connectivity index (χ1n) is 9.21. The standard InChI is InChI=1S/C20H22N4O5/c1-3-28-18(25)12-23-20(27)24-9-7-13-10-14(4-5-17(13)24)29-15-6-8-22-16(11-15)19(26)21-2/h4-6,8,10-11H,3,7,9,12H2,1-2H3,(H,21,26)(H,23,27). The van der Waals surface area contributed by atoms with E-state index in [0.717, 1.165) is 11.3 Å². The van der Waals surface area contributed by atoms with Crippen molar-refractivity contribution in [3.05, 3.63) is 47.8 Å². The fourth-order valence-electron chi connectivity index (χ4n) is 2.97. The molecular formula is C20H22N4O5. The van der Waals surface area contributed by atoms with Gasteiger partial charge in [0.25, 0.3) is 5.91 Å². The van der Waals surface area contributed by atoms with Crippen molar-refractivity contribution in [1.82, 2.24) is 15.6 Å². The highest BCUT2D eigenvalue weighted by Crippen LogP contribution is 2.33. The van der Waals surface area contributed by atoms with Gasteiger partial charge in [0.2, 0.25) is 0 Å². The Bertz CT molecular complexity index is 931. The van der Waals surface area contributed by atoms with Crippen LogP contribution < -0.4 is 20.3 Å². The van der Waals surface area contributed by atoms with Gasteiger partial charge in [-0.05, 0) is 43.2 Å². The van der Waals surface area contributed by atoms with Crippen molar-refractivity contribution < 1.29 is 23.9 Å². The van der Waals surface area contributed by atoms with E-state index in [1.807, 2.05) is 6.07 Å². The molecule has 3 rings (SSSR count). The van der Waals surface area contributed by atoms with Crippen LogP contribution in [0, 0.1) is 0 Å². The van der Waals surface area contributed by atoms with Gasteiger partial charge in [0, 0.05) is 31.5 Å². The van der Waals surface area contributed by atoms with E-state index in [1.165, 1.54) is 13.2 Å². The molecule has 0 spiro atoms. The fraction of sp³-hybridized carbons (Fsp3) is 0.300. The number of amides is 3. The Hall–Kier alpha value is -3.62. The molecule has 152 valence electrons. The van der Waals surface area contributed by atoms with Crippen molar-refractivity contribution >= 4 is 23.6 Å². The number of ether oxygens (including phenoxy) is 2. The lowest BCUT2D eigenvalue weighted by Gasteiger charge is -2.18. The Morgan fingerprint density at radius 1 is 1.17 bits per heavy atom. The second-order valence-corrected chi connectivity index (χ2v) is 6.21. The Balaban J connectivity index is 1.67. The van der Waals surface area contributed by atoms with E-state index in [-0.39, 0.29) is 30.8 Å². The molecule has 3 amide bonds. The molecule has 1 aromatic heterocycles. The second kappa shape index (κ2) is 9.05. The highest BCUT2D eigenvalue weighted by molar-refractivity contribution is 5.96. The SMILES string of the molecule is CCOC(=O)CNC(=O)N1CCc2cc(Oc3ccnc(C(=O)NC)c3)ccc21. The summed E-state index contributed by atoms with van der Waals surface area (Å²) in [5.41, 5.74) is 1.98. The minimum absolute atomic E-state index is 0.171. The molecule has 0 bridgehead atoms. The second-order valence-electron chi connectivity index (χ2n) is 6.21. The molecule has 29 heavy (non-hydrogen) atoms. The molecule has 2 heterocycles. The number of nitrogens with one attached hydrogen (secondary N) is 2. The fourth-order valence-corrected chi connectivity index (χ4v) is 2.97.